The maximum absolute atomic E-state index is 12.7. The first kappa shape index (κ1) is 28.6. The second-order valence-corrected chi connectivity index (χ2v) is 9.61. The fourth-order valence-electron chi connectivity index (χ4n) is 4.04. The molecule has 3 amide bonds. The number of hydrazine groups is 1. The third-order valence-corrected chi connectivity index (χ3v) is 6.46. The number of nitrogens with one attached hydrogen (secondary N) is 3. The molecule has 2 aromatic carbocycles. The average Bonchev–Trinajstić information content (AvgIpc) is 3.27. The predicted molar refractivity (Wildman–Crippen MR) is 145 cm³/mol. The van der Waals surface area contributed by atoms with Crippen LogP contribution in [0.4, 0.5) is 5.69 Å². The van der Waals surface area contributed by atoms with Crippen LogP contribution in [0, 0.1) is 17.0 Å². The lowest BCUT2D eigenvalue weighted by atomic mass is 9.93. The number of halogens is 2. The van der Waals surface area contributed by atoms with Crippen molar-refractivity contribution in [1.82, 2.24) is 16.3 Å². The highest BCUT2D eigenvalue weighted by Crippen LogP contribution is 2.30. The predicted octanol–water partition coefficient (Wildman–Crippen LogP) is 4.04. The van der Waals surface area contributed by atoms with E-state index in [4.69, 9.17) is 32.4 Å². The number of non-ortho nitro benzene ring substituents is 1. The Morgan fingerprint density at radius 1 is 1.07 bits per heavy atom. The zero-order chi connectivity index (χ0) is 28.8. The first-order valence-corrected chi connectivity index (χ1v) is 12.8. The number of amides is 3. The number of rotatable bonds is 8. The Bertz CT molecular complexity index is 1500. The molecule has 0 aliphatic heterocycles. The Balaban J connectivity index is 1.35. The number of hydrazone groups is 1. The first-order chi connectivity index (χ1) is 19.1. The summed E-state index contributed by atoms with van der Waals surface area (Å²) in [4.78, 5) is 47.6. The second-order valence-electron chi connectivity index (χ2n) is 8.77. The number of hydrogen-bond donors (Lipinski definition) is 3. The van der Waals surface area contributed by atoms with E-state index < -0.39 is 29.3 Å². The van der Waals surface area contributed by atoms with Crippen molar-refractivity contribution in [2.45, 2.75) is 32.6 Å². The molecular formula is C26H23Cl2N5O7. The van der Waals surface area contributed by atoms with Crippen LogP contribution in [-0.2, 0) is 22.4 Å². The van der Waals surface area contributed by atoms with Gasteiger partial charge in [-0.2, -0.15) is 5.10 Å². The van der Waals surface area contributed by atoms with Crippen LogP contribution in [0.25, 0.3) is 0 Å². The van der Waals surface area contributed by atoms with Crippen molar-refractivity contribution in [1.29, 1.82) is 0 Å². The molecule has 1 aliphatic rings. The molecular weight excluding hydrogens is 565 g/mol. The molecule has 1 aliphatic carbocycles. The molecule has 208 valence electrons. The summed E-state index contributed by atoms with van der Waals surface area (Å²) in [6.45, 7) is 1.27. The number of nitro groups is 1. The summed E-state index contributed by atoms with van der Waals surface area (Å²) >= 11 is 11.9. The molecule has 4 rings (SSSR count). The van der Waals surface area contributed by atoms with Gasteiger partial charge in [0.1, 0.15) is 11.5 Å². The molecule has 1 heterocycles. The van der Waals surface area contributed by atoms with Gasteiger partial charge < -0.3 is 9.15 Å². The minimum atomic E-state index is -0.675. The number of hydrogen-bond acceptors (Lipinski definition) is 8. The molecule has 1 aromatic heterocycles. The summed E-state index contributed by atoms with van der Waals surface area (Å²) in [5.74, 6) is -0.910. The first-order valence-electron chi connectivity index (χ1n) is 12.0. The topological polar surface area (TPSA) is 165 Å². The van der Waals surface area contributed by atoms with Gasteiger partial charge in [-0.05, 0) is 43.5 Å². The SMILES string of the molecule is Cc1c(C(=O)NNC(=O)COc2ccc(Cl)cc2Cl)oc2c1/C(=N/NC(=O)Cc1ccc([N+](=O)[O-])cc1)CCC2. The number of fused-ring (bicyclic) bond motifs is 1. The molecule has 0 bridgehead atoms. The highest BCUT2D eigenvalue weighted by molar-refractivity contribution is 6.35. The van der Waals surface area contributed by atoms with Gasteiger partial charge in [0, 0.05) is 34.7 Å². The number of aryl methyl sites for hydroxylation is 1. The number of benzene rings is 2. The van der Waals surface area contributed by atoms with Crippen LogP contribution in [0.3, 0.4) is 0 Å². The maximum Gasteiger partial charge on any atom is 0.305 e. The second kappa shape index (κ2) is 12.6. The fraction of sp³-hybridized carbons (Fsp3) is 0.231. The van der Waals surface area contributed by atoms with Crippen molar-refractivity contribution in [3.05, 3.63) is 90.8 Å². The summed E-state index contributed by atoms with van der Waals surface area (Å²) in [5, 5.41) is 15.7. The summed E-state index contributed by atoms with van der Waals surface area (Å²) in [5.41, 5.74) is 9.27. The number of nitrogens with zero attached hydrogens (tertiary/aromatic N) is 2. The third-order valence-electron chi connectivity index (χ3n) is 5.93. The fourth-order valence-corrected chi connectivity index (χ4v) is 4.50. The van der Waals surface area contributed by atoms with Crippen molar-refractivity contribution in [3.8, 4) is 5.75 Å². The Kier molecular flexibility index (Phi) is 9.02. The molecule has 3 aromatic rings. The molecule has 0 spiro atoms. The van der Waals surface area contributed by atoms with Crippen LogP contribution in [0.15, 0.2) is 52.0 Å². The van der Waals surface area contributed by atoms with E-state index in [1.165, 1.54) is 36.4 Å². The Hall–Kier alpha value is -4.42. The van der Waals surface area contributed by atoms with Gasteiger partial charge in [-0.1, -0.05) is 35.3 Å². The molecule has 0 saturated carbocycles. The van der Waals surface area contributed by atoms with Crippen LogP contribution < -0.4 is 21.0 Å². The zero-order valence-electron chi connectivity index (χ0n) is 21.1. The van der Waals surface area contributed by atoms with E-state index in [-0.39, 0.29) is 28.6 Å². The quantitative estimate of drug-likeness (QED) is 0.264. The molecule has 12 nitrogen and oxygen atoms in total. The van der Waals surface area contributed by atoms with E-state index in [0.29, 0.717) is 52.4 Å². The number of carbonyl (C=O) groups excluding carboxylic acids is 3. The molecule has 0 unspecified atom stereocenters. The largest absolute Gasteiger partial charge is 0.482 e. The molecule has 0 radical (unpaired) electrons. The van der Waals surface area contributed by atoms with Gasteiger partial charge in [0.2, 0.25) is 5.91 Å². The Morgan fingerprint density at radius 3 is 2.52 bits per heavy atom. The lowest BCUT2D eigenvalue weighted by molar-refractivity contribution is -0.384. The van der Waals surface area contributed by atoms with Gasteiger partial charge in [0.05, 0.1) is 22.1 Å². The maximum atomic E-state index is 12.7. The minimum absolute atomic E-state index is 0.00114. The summed E-state index contributed by atoms with van der Waals surface area (Å²) in [6, 6.07) is 10.2. The van der Waals surface area contributed by atoms with Gasteiger partial charge >= 0.3 is 5.91 Å². The van der Waals surface area contributed by atoms with Crippen molar-refractivity contribution < 1.29 is 28.5 Å². The Labute approximate surface area is 237 Å². The molecule has 0 saturated heterocycles. The lowest BCUT2D eigenvalue weighted by Gasteiger charge is -2.13. The summed E-state index contributed by atoms with van der Waals surface area (Å²) in [7, 11) is 0. The summed E-state index contributed by atoms with van der Waals surface area (Å²) < 4.78 is 11.1. The average molecular weight is 588 g/mol. The normalized spacial score (nSPS) is 13.3. The van der Waals surface area contributed by atoms with Gasteiger partial charge in [-0.3, -0.25) is 35.3 Å². The number of ether oxygens (including phenoxy) is 1. The number of furan rings is 1. The van der Waals surface area contributed by atoms with E-state index in [1.807, 2.05) is 0 Å². The molecule has 3 N–H and O–H groups in total. The van der Waals surface area contributed by atoms with Gasteiger partial charge in [-0.15, -0.1) is 0 Å². The minimum Gasteiger partial charge on any atom is -0.482 e. The summed E-state index contributed by atoms with van der Waals surface area (Å²) in [6.07, 6.45) is 1.79. The lowest BCUT2D eigenvalue weighted by Crippen LogP contribution is -2.43. The molecule has 40 heavy (non-hydrogen) atoms. The standard InChI is InChI=1S/C26H23Cl2N5O7/c1-14-24-19(29-30-22(34)11-15-5-8-17(9-6-15)33(37)38)3-2-4-21(24)40-25(14)26(36)32-31-23(35)13-39-20-10-7-16(27)12-18(20)28/h5-10,12H,2-4,11,13H2,1H3,(H,30,34)(H,31,35)(H,32,36)/b29-19+. The molecule has 0 fully saturated rings. The van der Waals surface area contributed by atoms with E-state index in [2.05, 4.69) is 21.4 Å². The van der Waals surface area contributed by atoms with Crippen LogP contribution in [0.1, 0.15) is 45.8 Å². The van der Waals surface area contributed by atoms with Crippen LogP contribution in [-0.4, -0.2) is 35.0 Å². The number of nitro benzene ring substituents is 1. The highest BCUT2D eigenvalue weighted by atomic mass is 35.5. The van der Waals surface area contributed by atoms with Crippen LogP contribution in [0.2, 0.25) is 10.0 Å². The van der Waals surface area contributed by atoms with E-state index in [9.17, 15) is 24.5 Å². The van der Waals surface area contributed by atoms with Crippen molar-refractivity contribution >= 4 is 52.3 Å². The number of carbonyl (C=O) groups is 3. The van der Waals surface area contributed by atoms with Gasteiger partial charge in [0.25, 0.3) is 11.6 Å². The van der Waals surface area contributed by atoms with Crippen LogP contribution >= 0.6 is 23.2 Å². The smallest absolute Gasteiger partial charge is 0.305 e. The van der Waals surface area contributed by atoms with Gasteiger partial charge in [-0.25, -0.2) is 5.43 Å². The van der Waals surface area contributed by atoms with Crippen molar-refractivity contribution in [2.24, 2.45) is 5.10 Å². The zero-order valence-corrected chi connectivity index (χ0v) is 22.6. The van der Waals surface area contributed by atoms with E-state index in [1.54, 1.807) is 13.0 Å². The Morgan fingerprint density at radius 2 is 1.82 bits per heavy atom. The van der Waals surface area contributed by atoms with Crippen LogP contribution in [0.5, 0.6) is 5.75 Å². The van der Waals surface area contributed by atoms with Crippen molar-refractivity contribution in [3.63, 3.8) is 0 Å². The molecule has 14 heteroatoms. The monoisotopic (exact) mass is 587 g/mol. The van der Waals surface area contributed by atoms with E-state index >= 15 is 0 Å². The third kappa shape index (κ3) is 6.96. The van der Waals surface area contributed by atoms with Crippen molar-refractivity contribution in [2.75, 3.05) is 6.61 Å². The molecule has 0 atom stereocenters. The van der Waals surface area contributed by atoms with Gasteiger partial charge in [0.15, 0.2) is 12.4 Å². The highest BCUT2D eigenvalue weighted by Gasteiger charge is 2.28. The van der Waals surface area contributed by atoms with E-state index in [0.717, 1.165) is 0 Å².